The first-order chi connectivity index (χ1) is 8.31. The summed E-state index contributed by atoms with van der Waals surface area (Å²) in [7, 11) is 0. The zero-order chi connectivity index (χ0) is 15.5. The summed E-state index contributed by atoms with van der Waals surface area (Å²) < 4.78 is 78.4. The minimum atomic E-state index is -5.67. The summed E-state index contributed by atoms with van der Waals surface area (Å²) >= 11 is 2.64. The number of halogens is 6. The van der Waals surface area contributed by atoms with Gasteiger partial charge in [0.2, 0.25) is 0 Å². The molecule has 19 heavy (non-hydrogen) atoms. The van der Waals surface area contributed by atoms with E-state index in [9.17, 15) is 26.3 Å². The van der Waals surface area contributed by atoms with Crippen molar-refractivity contribution >= 4 is 12.6 Å². The molecular formula is C10H16F6O2S. The van der Waals surface area contributed by atoms with E-state index in [-0.39, 0.29) is 12.8 Å². The Bertz CT molecular complexity index is 262. The van der Waals surface area contributed by atoms with E-state index >= 15 is 0 Å². The minimum Gasteiger partial charge on any atom is -0.393 e. The molecule has 2 unspecified atom stereocenters. The Morgan fingerprint density at radius 2 is 1.42 bits per heavy atom. The number of alkyl halides is 6. The van der Waals surface area contributed by atoms with E-state index < -0.39 is 35.9 Å². The Morgan fingerprint density at radius 1 is 1.00 bits per heavy atom. The third kappa shape index (κ3) is 5.39. The van der Waals surface area contributed by atoms with E-state index in [1.807, 2.05) is 0 Å². The fourth-order valence-electron chi connectivity index (χ4n) is 1.20. The van der Waals surface area contributed by atoms with Gasteiger partial charge in [0.1, 0.15) is 0 Å². The van der Waals surface area contributed by atoms with Gasteiger partial charge in [-0.25, -0.2) is 0 Å². The Hall–Kier alpha value is -0.150. The second-order valence-electron chi connectivity index (χ2n) is 4.48. The van der Waals surface area contributed by atoms with E-state index in [4.69, 9.17) is 5.11 Å². The van der Waals surface area contributed by atoms with Crippen LogP contribution in [0.2, 0.25) is 0 Å². The Kier molecular flexibility index (Phi) is 6.48. The van der Waals surface area contributed by atoms with Crippen LogP contribution in [0.25, 0.3) is 0 Å². The molecule has 0 aromatic rings. The van der Waals surface area contributed by atoms with E-state index in [0.29, 0.717) is 0 Å². The second-order valence-corrected chi connectivity index (χ2v) is 5.11. The van der Waals surface area contributed by atoms with Gasteiger partial charge in [-0.2, -0.15) is 26.3 Å². The van der Waals surface area contributed by atoms with Gasteiger partial charge in [-0.1, -0.05) is 6.92 Å². The lowest BCUT2D eigenvalue weighted by atomic mass is 10.0. The van der Waals surface area contributed by atoms with E-state index in [1.54, 1.807) is 0 Å². The maximum Gasteiger partial charge on any atom is 0.436 e. The third-order valence-electron chi connectivity index (χ3n) is 2.42. The van der Waals surface area contributed by atoms with Crippen LogP contribution in [-0.2, 0) is 4.74 Å². The summed E-state index contributed by atoms with van der Waals surface area (Å²) in [6.07, 6.45) is -11.5. The molecule has 116 valence electrons. The molecule has 9 heteroatoms. The van der Waals surface area contributed by atoms with Gasteiger partial charge >= 0.3 is 17.3 Å². The molecule has 0 radical (unpaired) electrons. The molecule has 0 saturated carbocycles. The van der Waals surface area contributed by atoms with Gasteiger partial charge < -0.3 is 9.84 Å². The number of hydrogen-bond acceptors (Lipinski definition) is 3. The molecule has 0 rings (SSSR count). The molecule has 0 aliphatic rings. The zero-order valence-electron chi connectivity index (χ0n) is 10.3. The van der Waals surface area contributed by atoms with Gasteiger partial charge in [0, 0.05) is 0 Å². The molecule has 0 heterocycles. The average Bonchev–Trinajstić information content (AvgIpc) is 2.19. The standard InChI is InChI=1S/C10H16F6O2S/c1-6(3-4-7(2)17)5-18-8(19,9(11,12)13)10(14,15)16/h6-7,17,19H,3-5H2,1-2H3. The van der Waals surface area contributed by atoms with Crippen molar-refractivity contribution in [2.75, 3.05) is 6.61 Å². The predicted molar refractivity (Wildman–Crippen MR) is 59.9 cm³/mol. The summed E-state index contributed by atoms with van der Waals surface area (Å²) in [6.45, 7) is 2.15. The van der Waals surface area contributed by atoms with Crippen molar-refractivity contribution in [2.45, 2.75) is 50.1 Å². The van der Waals surface area contributed by atoms with Crippen LogP contribution in [0.1, 0.15) is 26.7 Å². The van der Waals surface area contributed by atoms with E-state index in [2.05, 4.69) is 17.4 Å². The first kappa shape index (κ1) is 18.9. The van der Waals surface area contributed by atoms with Crippen molar-refractivity contribution in [1.29, 1.82) is 0 Å². The van der Waals surface area contributed by atoms with Crippen molar-refractivity contribution in [2.24, 2.45) is 5.92 Å². The number of ether oxygens (including phenoxy) is 1. The molecule has 0 bridgehead atoms. The van der Waals surface area contributed by atoms with Crippen LogP contribution in [0.3, 0.4) is 0 Å². The zero-order valence-corrected chi connectivity index (χ0v) is 11.2. The Labute approximate surface area is 112 Å². The molecule has 1 N–H and O–H groups in total. The molecule has 0 aliphatic heterocycles. The quantitative estimate of drug-likeness (QED) is 0.446. The monoisotopic (exact) mass is 314 g/mol. The first-order valence-corrected chi connectivity index (χ1v) is 5.94. The van der Waals surface area contributed by atoms with Crippen LogP contribution in [0, 0.1) is 5.92 Å². The smallest absolute Gasteiger partial charge is 0.393 e. The lowest BCUT2D eigenvalue weighted by Gasteiger charge is -2.33. The maximum atomic E-state index is 12.4. The number of rotatable bonds is 6. The molecular weight excluding hydrogens is 298 g/mol. The topological polar surface area (TPSA) is 29.5 Å². The van der Waals surface area contributed by atoms with E-state index in [1.165, 1.54) is 13.8 Å². The molecule has 2 nitrogen and oxygen atoms in total. The van der Waals surface area contributed by atoms with Gasteiger partial charge in [-0.3, -0.25) is 0 Å². The van der Waals surface area contributed by atoms with E-state index in [0.717, 1.165) is 0 Å². The third-order valence-corrected chi connectivity index (χ3v) is 3.06. The number of aliphatic hydroxyl groups is 1. The van der Waals surface area contributed by atoms with Crippen LogP contribution < -0.4 is 0 Å². The molecule has 0 aromatic carbocycles. The highest BCUT2D eigenvalue weighted by Gasteiger charge is 2.70. The normalized spacial score (nSPS) is 17.4. The number of hydrogen-bond donors (Lipinski definition) is 2. The maximum absolute atomic E-state index is 12.4. The van der Waals surface area contributed by atoms with Gasteiger partial charge in [0.05, 0.1) is 12.7 Å². The van der Waals surface area contributed by atoms with Crippen molar-refractivity contribution < 1.29 is 36.2 Å². The molecule has 0 amide bonds. The van der Waals surface area contributed by atoms with Crippen molar-refractivity contribution in [1.82, 2.24) is 0 Å². The summed E-state index contributed by atoms with van der Waals surface area (Å²) in [4.78, 5) is -4.47. The van der Waals surface area contributed by atoms with Crippen molar-refractivity contribution in [3.63, 3.8) is 0 Å². The second kappa shape index (κ2) is 6.53. The molecule has 0 fully saturated rings. The van der Waals surface area contributed by atoms with Gasteiger partial charge in [-0.15, -0.1) is 12.6 Å². The summed E-state index contributed by atoms with van der Waals surface area (Å²) in [5, 5.41) is 8.97. The number of aliphatic hydroxyl groups excluding tert-OH is 1. The fraction of sp³-hybridized carbons (Fsp3) is 1.00. The average molecular weight is 314 g/mol. The first-order valence-electron chi connectivity index (χ1n) is 5.49. The molecule has 0 spiro atoms. The Morgan fingerprint density at radius 3 is 1.74 bits per heavy atom. The Balaban J connectivity index is 4.63. The van der Waals surface area contributed by atoms with Crippen LogP contribution in [-0.4, -0.2) is 35.1 Å². The highest BCUT2D eigenvalue weighted by atomic mass is 32.1. The summed E-state index contributed by atoms with van der Waals surface area (Å²) in [5.74, 6) is -0.564. The van der Waals surface area contributed by atoms with Gasteiger partial charge in [0.15, 0.2) is 0 Å². The minimum absolute atomic E-state index is 0.247. The fourth-order valence-corrected chi connectivity index (χ4v) is 1.27. The van der Waals surface area contributed by atoms with Crippen LogP contribution in [0.4, 0.5) is 26.3 Å². The summed E-state index contributed by atoms with van der Waals surface area (Å²) in [6, 6.07) is 0. The lowest BCUT2D eigenvalue weighted by Crippen LogP contribution is -2.54. The molecule has 2 atom stereocenters. The highest BCUT2D eigenvalue weighted by molar-refractivity contribution is 7.81. The van der Waals surface area contributed by atoms with Crippen LogP contribution in [0.15, 0.2) is 0 Å². The summed E-state index contributed by atoms with van der Waals surface area (Å²) in [5.41, 5.74) is 0. The van der Waals surface area contributed by atoms with Gasteiger partial charge in [0.25, 0.3) is 0 Å². The molecule has 0 saturated heterocycles. The van der Waals surface area contributed by atoms with Crippen molar-refractivity contribution in [3.8, 4) is 0 Å². The van der Waals surface area contributed by atoms with Crippen LogP contribution in [0.5, 0.6) is 0 Å². The predicted octanol–water partition coefficient (Wildman–Crippen LogP) is 3.55. The number of thiol groups is 1. The largest absolute Gasteiger partial charge is 0.436 e. The molecule has 0 aromatic heterocycles. The lowest BCUT2D eigenvalue weighted by molar-refractivity contribution is -0.341. The SMILES string of the molecule is CC(O)CCC(C)COC(S)(C(F)(F)F)C(F)(F)F. The van der Waals surface area contributed by atoms with Crippen molar-refractivity contribution in [3.05, 3.63) is 0 Å². The van der Waals surface area contributed by atoms with Gasteiger partial charge in [-0.05, 0) is 25.7 Å². The highest BCUT2D eigenvalue weighted by Crippen LogP contribution is 2.48. The van der Waals surface area contributed by atoms with Crippen LogP contribution >= 0.6 is 12.6 Å². The molecule has 0 aliphatic carbocycles.